The second-order valence-corrected chi connectivity index (χ2v) is 5.45. The van der Waals surface area contributed by atoms with Crippen LogP contribution in [0.4, 0.5) is 0 Å². The van der Waals surface area contributed by atoms with Gasteiger partial charge in [-0.3, -0.25) is 4.79 Å². The number of carbonyl (C=O) groups is 1. The maximum Gasteiger partial charge on any atom is 0.246 e. The normalized spacial score (nSPS) is 15.6. The quantitative estimate of drug-likeness (QED) is 0.818. The summed E-state index contributed by atoms with van der Waals surface area (Å²) >= 11 is 0. The van der Waals surface area contributed by atoms with Crippen molar-refractivity contribution in [2.24, 2.45) is 0 Å². The zero-order valence-corrected chi connectivity index (χ0v) is 12.3. The van der Waals surface area contributed by atoms with E-state index in [9.17, 15) is 9.90 Å². The number of piperidine rings is 1. The monoisotopic (exact) mass is 289 g/mol. The van der Waals surface area contributed by atoms with Crippen molar-refractivity contribution in [2.45, 2.75) is 38.7 Å². The molecule has 0 spiro atoms. The Morgan fingerprint density at radius 3 is 2.71 bits per heavy atom. The number of phenols is 1. The van der Waals surface area contributed by atoms with E-state index in [1.807, 2.05) is 17.0 Å². The first-order valence-electron chi connectivity index (χ1n) is 7.58. The van der Waals surface area contributed by atoms with Crippen molar-refractivity contribution in [3.05, 3.63) is 41.5 Å². The second-order valence-electron chi connectivity index (χ2n) is 5.45. The van der Waals surface area contributed by atoms with Gasteiger partial charge in [-0.25, -0.2) is 0 Å². The molecule has 1 amide bonds. The number of hydrogen-bond acceptors (Lipinski definition) is 3. The molecule has 0 bridgehead atoms. The van der Waals surface area contributed by atoms with Crippen LogP contribution in [0.3, 0.4) is 0 Å². The lowest BCUT2D eigenvalue weighted by Gasteiger charge is -2.25. The van der Waals surface area contributed by atoms with Crippen LogP contribution >= 0.6 is 0 Å². The van der Waals surface area contributed by atoms with E-state index in [0.29, 0.717) is 5.56 Å². The first-order chi connectivity index (χ1) is 10.2. The second kappa shape index (κ2) is 7.84. The summed E-state index contributed by atoms with van der Waals surface area (Å²) in [4.78, 5) is 13.8. The maximum absolute atomic E-state index is 11.9. The van der Waals surface area contributed by atoms with Gasteiger partial charge in [0.25, 0.3) is 0 Å². The van der Waals surface area contributed by atoms with Gasteiger partial charge in [0.1, 0.15) is 5.75 Å². The Bertz CT molecular complexity index is 505. The van der Waals surface area contributed by atoms with E-state index in [1.165, 1.54) is 6.42 Å². The van der Waals surface area contributed by atoms with Crippen LogP contribution in [0.15, 0.2) is 30.4 Å². The molecule has 21 heavy (non-hydrogen) atoms. The molecule has 2 N–H and O–H groups in total. The lowest BCUT2D eigenvalue weighted by Crippen LogP contribution is -2.34. The van der Waals surface area contributed by atoms with Crippen LogP contribution in [0.25, 0.3) is 0 Å². The molecule has 1 saturated heterocycles. The number of nitrogens with zero attached hydrogens (tertiary/aromatic N) is 1. The van der Waals surface area contributed by atoms with Crippen molar-refractivity contribution in [3.63, 3.8) is 0 Å². The van der Waals surface area contributed by atoms with Gasteiger partial charge in [0.2, 0.25) is 5.91 Å². The first-order valence-corrected chi connectivity index (χ1v) is 7.58. The number of aryl methyl sites for hydroxylation is 1. The molecule has 1 aromatic carbocycles. The Kier molecular flexibility index (Phi) is 5.81. The highest BCUT2D eigenvalue weighted by molar-refractivity contribution is 5.87. The predicted molar refractivity (Wildman–Crippen MR) is 81.9 cm³/mol. The molecule has 0 saturated carbocycles. The Morgan fingerprint density at radius 2 is 2.00 bits per heavy atom. The van der Waals surface area contributed by atoms with E-state index >= 15 is 0 Å². The summed E-state index contributed by atoms with van der Waals surface area (Å²) in [5, 5.41) is 18.6. The van der Waals surface area contributed by atoms with E-state index in [1.54, 1.807) is 18.2 Å². The van der Waals surface area contributed by atoms with Crippen molar-refractivity contribution in [1.29, 1.82) is 0 Å². The highest BCUT2D eigenvalue weighted by Gasteiger charge is 2.13. The third-order valence-electron chi connectivity index (χ3n) is 3.84. The van der Waals surface area contributed by atoms with Gasteiger partial charge in [0.05, 0.1) is 6.61 Å². The topological polar surface area (TPSA) is 60.8 Å². The maximum atomic E-state index is 11.9. The number of likely N-dealkylation sites (tertiary alicyclic amines) is 1. The molecular weight excluding hydrogens is 266 g/mol. The van der Waals surface area contributed by atoms with Crippen LogP contribution in [-0.4, -0.2) is 34.1 Å². The van der Waals surface area contributed by atoms with Crippen molar-refractivity contribution in [2.75, 3.05) is 13.1 Å². The third-order valence-corrected chi connectivity index (χ3v) is 3.84. The number of aliphatic hydroxyl groups excluding tert-OH is 1. The van der Waals surface area contributed by atoms with Crippen LogP contribution in [0.1, 0.15) is 36.8 Å². The number of aliphatic hydroxyl groups is 1. The Balaban J connectivity index is 1.80. The molecule has 1 fully saturated rings. The fourth-order valence-corrected chi connectivity index (χ4v) is 2.57. The number of amides is 1. The van der Waals surface area contributed by atoms with Gasteiger partial charge in [-0.2, -0.15) is 0 Å². The molecular formula is C17H23NO3. The number of rotatable bonds is 5. The van der Waals surface area contributed by atoms with E-state index in [2.05, 4.69) is 0 Å². The number of aromatic hydroxyl groups is 1. The molecule has 2 rings (SSSR count). The molecule has 114 valence electrons. The summed E-state index contributed by atoms with van der Waals surface area (Å²) in [6.07, 6.45) is 8.57. The minimum atomic E-state index is -0.164. The zero-order valence-electron chi connectivity index (χ0n) is 12.3. The lowest BCUT2D eigenvalue weighted by molar-refractivity contribution is -0.126. The zero-order chi connectivity index (χ0) is 15.1. The molecule has 4 nitrogen and oxygen atoms in total. The van der Waals surface area contributed by atoms with E-state index in [0.717, 1.165) is 44.3 Å². The summed E-state index contributed by atoms with van der Waals surface area (Å²) < 4.78 is 0. The van der Waals surface area contributed by atoms with E-state index < -0.39 is 0 Å². The Labute approximate surface area is 125 Å². The van der Waals surface area contributed by atoms with Crippen LogP contribution in [0, 0.1) is 0 Å². The Morgan fingerprint density at radius 1 is 1.24 bits per heavy atom. The molecule has 1 heterocycles. The van der Waals surface area contributed by atoms with Crippen LogP contribution in [0.2, 0.25) is 0 Å². The number of allylic oxidation sites excluding steroid dienone is 1. The number of hydrogen-bond donors (Lipinski definition) is 2. The fourth-order valence-electron chi connectivity index (χ4n) is 2.57. The highest BCUT2D eigenvalue weighted by Crippen LogP contribution is 2.19. The smallest absolute Gasteiger partial charge is 0.246 e. The third kappa shape index (κ3) is 4.60. The van der Waals surface area contributed by atoms with Crippen molar-refractivity contribution in [3.8, 4) is 5.75 Å². The molecule has 0 atom stereocenters. The standard InChI is InChI=1S/C17H23NO3/c19-13-15-12-14(8-9-16(15)20)6-2-3-7-17(21)18-10-4-1-5-11-18/h3,7-9,12,19-20H,1-2,4-6,10-11,13H2/b7-3+. The molecule has 0 aliphatic carbocycles. The van der Waals surface area contributed by atoms with Gasteiger partial charge in [0, 0.05) is 18.7 Å². The SMILES string of the molecule is O=C(/C=C/CCc1ccc(O)c(CO)c1)N1CCCCC1. The number of benzene rings is 1. The van der Waals surface area contributed by atoms with Crippen LogP contribution in [0.5, 0.6) is 5.75 Å². The Hall–Kier alpha value is -1.81. The van der Waals surface area contributed by atoms with Gasteiger partial charge >= 0.3 is 0 Å². The lowest BCUT2D eigenvalue weighted by atomic mass is 10.1. The van der Waals surface area contributed by atoms with Gasteiger partial charge in [-0.15, -0.1) is 0 Å². The summed E-state index contributed by atoms with van der Waals surface area (Å²) in [6.45, 7) is 1.59. The summed E-state index contributed by atoms with van der Waals surface area (Å²) in [7, 11) is 0. The number of carbonyl (C=O) groups excluding carboxylic acids is 1. The van der Waals surface area contributed by atoms with Crippen LogP contribution < -0.4 is 0 Å². The van der Waals surface area contributed by atoms with Gasteiger partial charge < -0.3 is 15.1 Å². The predicted octanol–water partition coefficient (Wildman–Crippen LogP) is 2.39. The molecule has 0 aromatic heterocycles. The minimum absolute atomic E-state index is 0.108. The summed E-state index contributed by atoms with van der Waals surface area (Å²) in [5.41, 5.74) is 1.59. The van der Waals surface area contributed by atoms with Crippen molar-refractivity contribution < 1.29 is 15.0 Å². The molecule has 0 radical (unpaired) electrons. The minimum Gasteiger partial charge on any atom is -0.508 e. The average molecular weight is 289 g/mol. The molecule has 0 unspecified atom stereocenters. The summed E-state index contributed by atoms with van der Waals surface area (Å²) in [5.74, 6) is 0.230. The highest BCUT2D eigenvalue weighted by atomic mass is 16.3. The van der Waals surface area contributed by atoms with Crippen molar-refractivity contribution >= 4 is 5.91 Å². The van der Waals surface area contributed by atoms with Gasteiger partial charge in [-0.1, -0.05) is 12.1 Å². The fraction of sp³-hybridized carbons (Fsp3) is 0.471. The van der Waals surface area contributed by atoms with E-state index in [-0.39, 0.29) is 18.3 Å². The summed E-state index contributed by atoms with van der Waals surface area (Å²) in [6, 6.07) is 5.24. The van der Waals surface area contributed by atoms with Crippen LogP contribution in [-0.2, 0) is 17.8 Å². The largest absolute Gasteiger partial charge is 0.508 e. The molecule has 1 aliphatic rings. The van der Waals surface area contributed by atoms with Gasteiger partial charge in [0.15, 0.2) is 0 Å². The molecule has 1 aromatic rings. The first kappa shape index (κ1) is 15.6. The van der Waals surface area contributed by atoms with Gasteiger partial charge in [-0.05, 0) is 55.9 Å². The average Bonchev–Trinajstić information content (AvgIpc) is 2.53. The van der Waals surface area contributed by atoms with Crippen molar-refractivity contribution in [1.82, 2.24) is 4.90 Å². The molecule has 4 heteroatoms. The van der Waals surface area contributed by atoms with E-state index in [4.69, 9.17) is 5.11 Å². The molecule has 1 aliphatic heterocycles.